The molecule has 0 unspecified atom stereocenters. The molecule has 0 aliphatic carbocycles. The second kappa shape index (κ2) is 4.92. The lowest BCUT2D eigenvalue weighted by molar-refractivity contribution is -0.164. The number of benzene rings is 1. The first-order valence-corrected chi connectivity index (χ1v) is 5.98. The van der Waals surface area contributed by atoms with Gasteiger partial charge in [-0.25, -0.2) is 4.79 Å². The Balaban J connectivity index is 2.93. The largest absolute Gasteiger partial charge is 0.454 e. The quantitative estimate of drug-likeness (QED) is 0.610. The van der Waals surface area contributed by atoms with Crippen LogP contribution >= 0.6 is 0 Å². The first kappa shape index (κ1) is 14.4. The third-order valence-corrected chi connectivity index (χ3v) is 2.65. The molecular formula is C15H20O3. The van der Waals surface area contributed by atoms with Gasteiger partial charge in [0, 0.05) is 0 Å². The number of rotatable bonds is 3. The zero-order valence-electron chi connectivity index (χ0n) is 11.6. The van der Waals surface area contributed by atoms with Crippen molar-refractivity contribution in [1.82, 2.24) is 0 Å². The molecule has 0 aliphatic heterocycles. The molecule has 0 amide bonds. The van der Waals surface area contributed by atoms with Gasteiger partial charge in [0.1, 0.15) is 5.60 Å². The summed E-state index contributed by atoms with van der Waals surface area (Å²) in [5.41, 5.74) is -0.718. The Labute approximate surface area is 108 Å². The second-order valence-electron chi connectivity index (χ2n) is 5.82. The van der Waals surface area contributed by atoms with Gasteiger partial charge in [-0.1, -0.05) is 30.3 Å². The van der Waals surface area contributed by atoms with Crippen molar-refractivity contribution in [3.63, 3.8) is 0 Å². The van der Waals surface area contributed by atoms with E-state index in [2.05, 4.69) is 0 Å². The van der Waals surface area contributed by atoms with E-state index in [4.69, 9.17) is 4.74 Å². The summed E-state index contributed by atoms with van der Waals surface area (Å²) in [6, 6.07) is 9.24. The summed E-state index contributed by atoms with van der Waals surface area (Å²) < 4.78 is 5.12. The normalized spacial score (nSPS) is 12.1. The van der Waals surface area contributed by atoms with Gasteiger partial charge in [-0.3, -0.25) is 4.79 Å². The van der Waals surface area contributed by atoms with Crippen LogP contribution in [0.2, 0.25) is 0 Å². The fourth-order valence-corrected chi connectivity index (χ4v) is 1.57. The average Bonchev–Trinajstić information content (AvgIpc) is 2.27. The van der Waals surface area contributed by atoms with Gasteiger partial charge in [0.2, 0.25) is 5.78 Å². The van der Waals surface area contributed by atoms with E-state index >= 15 is 0 Å². The van der Waals surface area contributed by atoms with E-state index in [1.54, 1.807) is 34.6 Å². The van der Waals surface area contributed by atoms with E-state index in [1.807, 2.05) is 30.3 Å². The SMILES string of the molecule is CC(C)(C)OC(=O)C(=O)C(C)(C)c1ccccc1. The van der Waals surface area contributed by atoms with Crippen LogP contribution in [0.25, 0.3) is 0 Å². The minimum absolute atomic E-state index is 0.524. The molecule has 1 rings (SSSR count). The third-order valence-electron chi connectivity index (χ3n) is 2.65. The summed E-state index contributed by atoms with van der Waals surface area (Å²) in [5, 5.41) is 0. The van der Waals surface area contributed by atoms with Gasteiger partial charge >= 0.3 is 5.97 Å². The van der Waals surface area contributed by atoms with Crippen LogP contribution in [0.1, 0.15) is 40.2 Å². The van der Waals surface area contributed by atoms with Crippen LogP contribution in [0.4, 0.5) is 0 Å². The van der Waals surface area contributed by atoms with E-state index in [9.17, 15) is 9.59 Å². The zero-order chi connectivity index (χ0) is 14.0. The van der Waals surface area contributed by atoms with E-state index in [0.29, 0.717) is 0 Å². The lowest BCUT2D eigenvalue weighted by Gasteiger charge is -2.25. The Morgan fingerprint density at radius 2 is 1.44 bits per heavy atom. The molecule has 1 aromatic carbocycles. The number of hydrogen-bond acceptors (Lipinski definition) is 3. The first-order valence-electron chi connectivity index (χ1n) is 5.98. The molecule has 0 N–H and O–H groups in total. The lowest BCUT2D eigenvalue weighted by Crippen LogP contribution is -2.39. The molecule has 0 fully saturated rings. The number of Topliss-reactive ketones (excluding diaryl/α,β-unsaturated/α-hetero) is 1. The fourth-order valence-electron chi connectivity index (χ4n) is 1.57. The molecule has 0 radical (unpaired) electrons. The van der Waals surface area contributed by atoms with Gasteiger partial charge in [0.25, 0.3) is 0 Å². The molecule has 0 heterocycles. The van der Waals surface area contributed by atoms with Crippen molar-refractivity contribution in [2.24, 2.45) is 0 Å². The average molecular weight is 248 g/mol. The zero-order valence-corrected chi connectivity index (χ0v) is 11.6. The van der Waals surface area contributed by atoms with Gasteiger partial charge in [0.05, 0.1) is 5.41 Å². The highest BCUT2D eigenvalue weighted by Gasteiger charge is 2.37. The summed E-state index contributed by atoms with van der Waals surface area (Å²) >= 11 is 0. The first-order chi connectivity index (χ1) is 8.14. The fraction of sp³-hybridized carbons (Fsp3) is 0.467. The molecule has 3 nitrogen and oxygen atoms in total. The molecule has 98 valence electrons. The van der Waals surface area contributed by atoms with Crippen LogP contribution in [-0.4, -0.2) is 17.4 Å². The topological polar surface area (TPSA) is 43.4 Å². The molecule has 0 spiro atoms. The maximum Gasteiger partial charge on any atom is 0.376 e. The number of esters is 1. The van der Waals surface area contributed by atoms with Crippen LogP contribution in [0.15, 0.2) is 30.3 Å². The van der Waals surface area contributed by atoms with Crippen molar-refractivity contribution >= 4 is 11.8 Å². The van der Waals surface area contributed by atoms with Crippen molar-refractivity contribution in [3.05, 3.63) is 35.9 Å². The van der Waals surface area contributed by atoms with Crippen molar-refractivity contribution < 1.29 is 14.3 Å². The Kier molecular flexibility index (Phi) is 3.95. The lowest BCUT2D eigenvalue weighted by atomic mass is 9.80. The van der Waals surface area contributed by atoms with Crippen LogP contribution < -0.4 is 0 Å². The van der Waals surface area contributed by atoms with E-state index < -0.39 is 22.8 Å². The van der Waals surface area contributed by atoms with E-state index in [-0.39, 0.29) is 0 Å². The second-order valence-corrected chi connectivity index (χ2v) is 5.82. The molecule has 0 aliphatic rings. The van der Waals surface area contributed by atoms with Crippen molar-refractivity contribution in [1.29, 1.82) is 0 Å². The van der Waals surface area contributed by atoms with E-state index in [0.717, 1.165) is 5.56 Å². The number of ether oxygens (including phenoxy) is 1. The molecule has 0 aromatic heterocycles. The number of hydrogen-bond donors (Lipinski definition) is 0. The molecule has 3 heteroatoms. The smallest absolute Gasteiger partial charge is 0.376 e. The highest BCUT2D eigenvalue weighted by atomic mass is 16.6. The van der Waals surface area contributed by atoms with Crippen LogP contribution in [0.5, 0.6) is 0 Å². The van der Waals surface area contributed by atoms with Crippen LogP contribution in [0.3, 0.4) is 0 Å². The van der Waals surface area contributed by atoms with Crippen molar-refractivity contribution in [2.45, 2.75) is 45.6 Å². The predicted octanol–water partition coefficient (Wildman–Crippen LogP) is 2.88. The van der Waals surface area contributed by atoms with Gasteiger partial charge in [-0.15, -0.1) is 0 Å². The molecule has 0 saturated heterocycles. The maximum atomic E-state index is 12.2. The Morgan fingerprint density at radius 1 is 0.944 bits per heavy atom. The summed E-state index contributed by atoms with van der Waals surface area (Å²) in [6.45, 7) is 8.69. The van der Waals surface area contributed by atoms with Crippen molar-refractivity contribution in [2.75, 3.05) is 0 Å². The molecule has 0 bridgehead atoms. The third kappa shape index (κ3) is 3.42. The summed E-state index contributed by atoms with van der Waals surface area (Å²) in [4.78, 5) is 24.0. The van der Waals surface area contributed by atoms with Gasteiger partial charge in [-0.05, 0) is 40.2 Å². The van der Waals surface area contributed by atoms with E-state index in [1.165, 1.54) is 0 Å². The molecule has 0 atom stereocenters. The number of ketones is 1. The molecule has 18 heavy (non-hydrogen) atoms. The van der Waals surface area contributed by atoms with Gasteiger partial charge in [-0.2, -0.15) is 0 Å². The highest BCUT2D eigenvalue weighted by molar-refractivity contribution is 6.37. The maximum absolute atomic E-state index is 12.2. The molecule has 0 saturated carbocycles. The summed E-state index contributed by atoms with van der Waals surface area (Å²) in [6.07, 6.45) is 0. The minimum atomic E-state index is -0.871. The Hall–Kier alpha value is -1.64. The number of carbonyl (C=O) groups excluding carboxylic acids is 2. The van der Waals surface area contributed by atoms with Crippen LogP contribution in [0, 0.1) is 0 Å². The minimum Gasteiger partial charge on any atom is -0.454 e. The summed E-state index contributed by atoms with van der Waals surface area (Å²) in [7, 11) is 0. The highest BCUT2D eigenvalue weighted by Crippen LogP contribution is 2.25. The number of carbonyl (C=O) groups is 2. The Morgan fingerprint density at radius 3 is 1.89 bits per heavy atom. The monoisotopic (exact) mass is 248 g/mol. The van der Waals surface area contributed by atoms with Gasteiger partial charge in [0.15, 0.2) is 0 Å². The molecular weight excluding hydrogens is 228 g/mol. The summed E-state index contributed by atoms with van der Waals surface area (Å²) in [5.74, 6) is -1.31. The Bertz CT molecular complexity index is 439. The molecule has 1 aromatic rings. The standard InChI is InChI=1S/C15H20O3/c1-14(2,3)18-13(17)12(16)15(4,5)11-9-7-6-8-10-11/h6-10H,1-5H3. The predicted molar refractivity (Wildman–Crippen MR) is 70.3 cm³/mol. The van der Waals surface area contributed by atoms with Gasteiger partial charge < -0.3 is 4.74 Å². The van der Waals surface area contributed by atoms with Crippen LogP contribution in [-0.2, 0) is 19.7 Å². The van der Waals surface area contributed by atoms with Crippen molar-refractivity contribution in [3.8, 4) is 0 Å².